The quantitative estimate of drug-likeness (QED) is 0.626. The normalized spacial score (nSPS) is 40.0. The largest absolute Gasteiger partial charge is 0.359 e. The molecule has 6 atom stereocenters. The second-order valence-corrected chi connectivity index (χ2v) is 13.8. The molecular weight excluding hydrogens is 456 g/mol. The van der Waals surface area contributed by atoms with Crippen molar-refractivity contribution in [3.05, 3.63) is 65.5 Å². The van der Waals surface area contributed by atoms with Gasteiger partial charge in [-0.3, -0.25) is 4.98 Å². The van der Waals surface area contributed by atoms with Crippen LogP contribution in [0.25, 0.3) is 10.8 Å². The molecular formula is C29H34N2O3S. The summed E-state index contributed by atoms with van der Waals surface area (Å²) < 4.78 is 34.1. The van der Waals surface area contributed by atoms with Crippen LogP contribution in [-0.2, 0) is 14.8 Å². The SMILES string of the molecule is C[C@]12CC=C3C=C4CC[C@H](NS(C)(=O)=O)C[C@]45CC[C@]3(O5)[C@@H]1CCC2c1ccc2ccncc2c1. The molecule has 2 saturated carbocycles. The van der Waals surface area contributed by atoms with Gasteiger partial charge in [0.05, 0.1) is 17.5 Å². The first-order valence-corrected chi connectivity index (χ1v) is 15.0. The van der Waals surface area contributed by atoms with Crippen LogP contribution in [0.2, 0.25) is 0 Å². The molecule has 1 N–H and O–H groups in total. The summed E-state index contributed by atoms with van der Waals surface area (Å²) >= 11 is 0. The van der Waals surface area contributed by atoms with Gasteiger partial charge in [-0.05, 0) is 103 Å². The van der Waals surface area contributed by atoms with E-state index >= 15 is 0 Å². The maximum absolute atomic E-state index is 12.0. The fourth-order valence-electron chi connectivity index (χ4n) is 8.68. The van der Waals surface area contributed by atoms with E-state index in [1.54, 1.807) is 0 Å². The Bertz CT molecular complexity index is 1400. The van der Waals surface area contributed by atoms with Gasteiger partial charge in [0, 0.05) is 23.8 Å². The number of hydrogen-bond acceptors (Lipinski definition) is 4. The summed E-state index contributed by atoms with van der Waals surface area (Å²) in [5.74, 6) is 0.978. The van der Waals surface area contributed by atoms with Crippen molar-refractivity contribution in [1.82, 2.24) is 9.71 Å². The maximum Gasteiger partial charge on any atom is 0.208 e. The topological polar surface area (TPSA) is 68.3 Å². The molecule has 2 aliphatic heterocycles. The average molecular weight is 491 g/mol. The van der Waals surface area contributed by atoms with E-state index in [9.17, 15) is 8.42 Å². The summed E-state index contributed by atoms with van der Waals surface area (Å²) in [6.07, 6.45) is 18.1. The summed E-state index contributed by atoms with van der Waals surface area (Å²) in [6.45, 7) is 2.49. The summed E-state index contributed by atoms with van der Waals surface area (Å²) in [5, 5.41) is 2.46. The highest BCUT2D eigenvalue weighted by Gasteiger charge is 2.66. The molecule has 2 aromatic rings. The molecule has 35 heavy (non-hydrogen) atoms. The predicted octanol–water partition coefficient (Wildman–Crippen LogP) is 5.39. The van der Waals surface area contributed by atoms with Crippen molar-refractivity contribution in [2.24, 2.45) is 11.3 Å². The number of aromatic nitrogens is 1. The van der Waals surface area contributed by atoms with E-state index < -0.39 is 10.0 Å². The number of sulfonamides is 1. The number of pyridine rings is 1. The Morgan fingerprint density at radius 3 is 2.86 bits per heavy atom. The highest BCUT2D eigenvalue weighted by atomic mass is 32.2. The van der Waals surface area contributed by atoms with Crippen LogP contribution < -0.4 is 4.72 Å². The fourth-order valence-corrected chi connectivity index (χ4v) is 9.49. The van der Waals surface area contributed by atoms with Gasteiger partial charge in [0.2, 0.25) is 10.0 Å². The molecule has 5 nitrogen and oxygen atoms in total. The van der Waals surface area contributed by atoms with Gasteiger partial charge in [-0.25, -0.2) is 13.1 Å². The van der Waals surface area contributed by atoms with Crippen molar-refractivity contribution in [2.45, 2.75) is 81.5 Å². The standard InChI is InChI=1S/C29H34N2O3S/c1-27-11-9-23-16-22-5-6-24(31-35(2,32)33)17-28(22)12-13-29(23,34-28)26(27)8-7-25(27)20-4-3-19-10-14-30-18-21(19)15-20/h3-4,9-10,14-16,18,24-26,31H,5-8,11-13,17H2,1-2H3/t24-,25?,26+,27+,28+,29+/m0/s1. The molecule has 5 aliphatic rings. The maximum atomic E-state index is 12.0. The summed E-state index contributed by atoms with van der Waals surface area (Å²) in [4.78, 5) is 4.35. The van der Waals surface area contributed by atoms with E-state index in [2.05, 4.69) is 53.0 Å². The summed E-state index contributed by atoms with van der Waals surface area (Å²) in [6, 6.07) is 8.98. The average Bonchev–Trinajstić information content (AvgIpc) is 3.33. The molecule has 6 heteroatoms. The van der Waals surface area contributed by atoms with Gasteiger partial charge in [-0.1, -0.05) is 31.2 Å². The molecule has 184 valence electrons. The fraction of sp³-hybridized carbons (Fsp3) is 0.552. The number of nitrogens with zero attached hydrogens (tertiary/aromatic N) is 1. The summed E-state index contributed by atoms with van der Waals surface area (Å²) in [5.41, 5.74) is 3.85. The Morgan fingerprint density at radius 2 is 2.00 bits per heavy atom. The molecule has 3 fully saturated rings. The van der Waals surface area contributed by atoms with Gasteiger partial charge < -0.3 is 4.74 Å². The number of benzene rings is 1. The molecule has 1 unspecified atom stereocenters. The zero-order chi connectivity index (χ0) is 24.1. The molecule has 3 aliphatic carbocycles. The van der Waals surface area contributed by atoms with Gasteiger partial charge >= 0.3 is 0 Å². The predicted molar refractivity (Wildman–Crippen MR) is 137 cm³/mol. The Hall–Kier alpha value is -2.02. The van der Waals surface area contributed by atoms with Crippen LogP contribution in [0, 0.1) is 11.3 Å². The van der Waals surface area contributed by atoms with Crippen molar-refractivity contribution in [3.8, 4) is 0 Å². The minimum Gasteiger partial charge on any atom is -0.359 e. The van der Waals surface area contributed by atoms with Crippen LogP contribution in [0.5, 0.6) is 0 Å². The van der Waals surface area contributed by atoms with E-state index in [1.807, 2.05) is 12.4 Å². The van der Waals surface area contributed by atoms with E-state index in [-0.39, 0.29) is 22.7 Å². The molecule has 0 radical (unpaired) electrons. The lowest BCUT2D eigenvalue weighted by molar-refractivity contribution is -0.135. The van der Waals surface area contributed by atoms with Gasteiger partial charge in [0.25, 0.3) is 0 Å². The van der Waals surface area contributed by atoms with Gasteiger partial charge in [-0.2, -0.15) is 0 Å². The Balaban J connectivity index is 1.24. The van der Waals surface area contributed by atoms with Crippen LogP contribution >= 0.6 is 0 Å². The van der Waals surface area contributed by atoms with Crippen molar-refractivity contribution in [3.63, 3.8) is 0 Å². The Labute approximate surface area is 208 Å². The van der Waals surface area contributed by atoms with Crippen LogP contribution in [0.4, 0.5) is 0 Å². The highest BCUT2D eigenvalue weighted by molar-refractivity contribution is 7.88. The molecule has 1 aromatic carbocycles. The van der Waals surface area contributed by atoms with Crippen molar-refractivity contribution < 1.29 is 13.2 Å². The third-order valence-corrected chi connectivity index (χ3v) is 10.9. The number of fused-ring (bicyclic) bond motifs is 2. The van der Waals surface area contributed by atoms with E-state index in [0.717, 1.165) is 38.5 Å². The number of hydrogen-bond donors (Lipinski definition) is 1. The second-order valence-electron chi connectivity index (χ2n) is 12.0. The third-order valence-electron chi connectivity index (χ3n) is 10.1. The minimum atomic E-state index is -3.23. The molecule has 1 saturated heterocycles. The minimum absolute atomic E-state index is 0.0414. The van der Waals surface area contributed by atoms with E-state index in [4.69, 9.17) is 4.74 Å². The molecule has 7 rings (SSSR count). The number of rotatable bonds is 3. The zero-order valence-corrected chi connectivity index (χ0v) is 21.4. The van der Waals surface area contributed by atoms with Crippen molar-refractivity contribution >= 4 is 20.8 Å². The van der Waals surface area contributed by atoms with Crippen LogP contribution in [0.3, 0.4) is 0 Å². The smallest absolute Gasteiger partial charge is 0.208 e. The number of nitrogens with one attached hydrogen (secondary N) is 1. The van der Waals surface area contributed by atoms with Crippen LogP contribution in [0.1, 0.15) is 69.8 Å². The van der Waals surface area contributed by atoms with Crippen LogP contribution in [0.15, 0.2) is 60.0 Å². The molecule has 0 amide bonds. The van der Waals surface area contributed by atoms with E-state index in [1.165, 1.54) is 46.6 Å². The lowest BCUT2D eigenvalue weighted by Crippen LogP contribution is -2.55. The monoisotopic (exact) mass is 490 g/mol. The second kappa shape index (κ2) is 7.27. The first-order valence-electron chi connectivity index (χ1n) is 13.1. The molecule has 2 spiro atoms. The first-order chi connectivity index (χ1) is 16.7. The first kappa shape index (κ1) is 22.2. The molecule has 3 heterocycles. The van der Waals surface area contributed by atoms with Crippen LogP contribution in [-0.4, -0.2) is 36.9 Å². The molecule has 2 bridgehead atoms. The number of ether oxygens (including phenoxy) is 1. The Kier molecular flexibility index (Phi) is 4.61. The molecule has 1 aromatic heterocycles. The van der Waals surface area contributed by atoms with Gasteiger partial charge in [0.15, 0.2) is 0 Å². The van der Waals surface area contributed by atoms with Gasteiger partial charge in [-0.15, -0.1) is 0 Å². The summed E-state index contributed by atoms with van der Waals surface area (Å²) in [7, 11) is -3.23. The third kappa shape index (κ3) is 3.19. The lowest BCUT2D eigenvalue weighted by atomic mass is 9.58. The Morgan fingerprint density at radius 1 is 1.11 bits per heavy atom. The van der Waals surface area contributed by atoms with Gasteiger partial charge in [0.1, 0.15) is 0 Å². The van der Waals surface area contributed by atoms with Crippen molar-refractivity contribution in [2.75, 3.05) is 6.26 Å². The van der Waals surface area contributed by atoms with E-state index in [0.29, 0.717) is 11.8 Å². The number of allylic oxidation sites excluding steroid dienone is 1. The zero-order valence-electron chi connectivity index (χ0n) is 20.6. The highest BCUT2D eigenvalue weighted by Crippen LogP contribution is 2.69. The lowest BCUT2D eigenvalue weighted by Gasteiger charge is -2.54. The van der Waals surface area contributed by atoms with Crippen molar-refractivity contribution in [1.29, 1.82) is 0 Å².